The maximum absolute atomic E-state index is 4.90. The summed E-state index contributed by atoms with van der Waals surface area (Å²) in [5.74, 6) is 1.07. The van der Waals surface area contributed by atoms with Gasteiger partial charge in [-0.2, -0.15) is 12.6 Å². The molecule has 0 aromatic heterocycles. The summed E-state index contributed by atoms with van der Waals surface area (Å²) < 4.78 is 0.629. The molecule has 0 spiro atoms. The molecule has 0 aliphatic heterocycles. The fourth-order valence-corrected chi connectivity index (χ4v) is 6.00. The second-order valence-corrected chi connectivity index (χ2v) is 13.5. The molecule has 0 heterocycles. The fourth-order valence-electron chi connectivity index (χ4n) is 5.56. The zero-order chi connectivity index (χ0) is 27.6. The third kappa shape index (κ3) is 36.6. The summed E-state index contributed by atoms with van der Waals surface area (Å²) in [4.78, 5) is 0. The van der Waals surface area contributed by atoms with Crippen molar-refractivity contribution in [3.8, 4) is 0 Å². The summed E-state index contributed by atoms with van der Waals surface area (Å²) >= 11 is 13.3. The first kappa shape index (κ1) is 38.6. The molecular formula is C34H69NS3. The van der Waals surface area contributed by atoms with E-state index in [1.807, 2.05) is 0 Å². The SMILES string of the molecule is S=C(S)NCCCCCCCCCCCCCCCCCCCCCCCCCCCCCCCCCS. The van der Waals surface area contributed by atoms with Gasteiger partial charge in [-0.25, -0.2) is 0 Å². The number of unbranched alkanes of at least 4 members (excludes halogenated alkanes) is 30. The fraction of sp³-hybridized carbons (Fsp3) is 0.971. The molecule has 0 aromatic carbocycles. The van der Waals surface area contributed by atoms with Crippen LogP contribution >= 0.6 is 37.5 Å². The molecule has 0 rings (SSSR count). The van der Waals surface area contributed by atoms with Crippen molar-refractivity contribution in [2.24, 2.45) is 0 Å². The van der Waals surface area contributed by atoms with Crippen LogP contribution in [0.2, 0.25) is 0 Å². The topological polar surface area (TPSA) is 12.0 Å². The lowest BCUT2D eigenvalue weighted by atomic mass is 10.0. The first-order valence-electron chi connectivity index (χ1n) is 17.3. The predicted octanol–water partition coefficient (Wildman–Crippen LogP) is 12.8. The molecule has 0 saturated carbocycles. The van der Waals surface area contributed by atoms with Crippen molar-refractivity contribution >= 4 is 41.8 Å². The van der Waals surface area contributed by atoms with Crippen molar-refractivity contribution in [2.45, 2.75) is 199 Å². The van der Waals surface area contributed by atoms with Crippen LogP contribution < -0.4 is 5.32 Å². The first-order valence-corrected chi connectivity index (χ1v) is 18.8. The second-order valence-electron chi connectivity index (χ2n) is 11.9. The minimum atomic E-state index is 0.629. The van der Waals surface area contributed by atoms with Crippen LogP contribution in [0.4, 0.5) is 0 Å². The van der Waals surface area contributed by atoms with Crippen LogP contribution in [0.15, 0.2) is 0 Å². The van der Waals surface area contributed by atoms with Crippen molar-refractivity contribution in [1.29, 1.82) is 0 Å². The molecular weight excluding hydrogens is 519 g/mol. The zero-order valence-corrected chi connectivity index (χ0v) is 28.2. The summed E-state index contributed by atoms with van der Waals surface area (Å²) in [5, 5.41) is 3.11. The van der Waals surface area contributed by atoms with E-state index in [2.05, 4.69) is 30.6 Å². The van der Waals surface area contributed by atoms with Crippen molar-refractivity contribution in [3.05, 3.63) is 0 Å². The Morgan fingerprint density at radius 3 is 0.711 bits per heavy atom. The largest absolute Gasteiger partial charge is 0.371 e. The summed E-state index contributed by atoms with van der Waals surface area (Å²) in [6.45, 7) is 0.987. The number of hydrogen-bond donors (Lipinski definition) is 3. The van der Waals surface area contributed by atoms with E-state index in [1.165, 1.54) is 199 Å². The Morgan fingerprint density at radius 2 is 0.526 bits per heavy atom. The normalized spacial score (nSPS) is 11.3. The van der Waals surface area contributed by atoms with Crippen LogP contribution in [-0.4, -0.2) is 16.6 Å². The molecule has 1 N–H and O–H groups in total. The minimum absolute atomic E-state index is 0.629. The molecule has 0 amide bonds. The molecule has 0 fully saturated rings. The number of hydrogen-bond acceptors (Lipinski definition) is 2. The van der Waals surface area contributed by atoms with E-state index in [1.54, 1.807) is 0 Å². The molecule has 0 saturated heterocycles. The van der Waals surface area contributed by atoms with Gasteiger partial charge in [0.25, 0.3) is 0 Å². The summed E-state index contributed by atoms with van der Waals surface area (Å²) in [7, 11) is 0. The van der Waals surface area contributed by atoms with Crippen molar-refractivity contribution in [1.82, 2.24) is 5.32 Å². The molecule has 0 atom stereocenters. The van der Waals surface area contributed by atoms with Gasteiger partial charge in [0.1, 0.15) is 4.32 Å². The van der Waals surface area contributed by atoms with E-state index in [0.29, 0.717) is 4.32 Å². The third-order valence-corrected chi connectivity index (χ3v) is 8.73. The summed E-state index contributed by atoms with van der Waals surface area (Å²) in [5.41, 5.74) is 0. The van der Waals surface area contributed by atoms with Gasteiger partial charge in [0.15, 0.2) is 0 Å². The van der Waals surface area contributed by atoms with Crippen LogP contribution in [-0.2, 0) is 0 Å². The van der Waals surface area contributed by atoms with Crippen LogP contribution in [0.25, 0.3) is 0 Å². The zero-order valence-electron chi connectivity index (χ0n) is 25.6. The van der Waals surface area contributed by atoms with Gasteiger partial charge >= 0.3 is 0 Å². The lowest BCUT2D eigenvalue weighted by Crippen LogP contribution is -2.17. The highest BCUT2D eigenvalue weighted by atomic mass is 32.1. The number of rotatable bonds is 33. The highest BCUT2D eigenvalue weighted by Gasteiger charge is 1.97. The number of thiol groups is 2. The quantitative estimate of drug-likeness (QED) is 0.0401. The molecule has 38 heavy (non-hydrogen) atoms. The standard InChI is InChI=1S/C34H69NS3/c36-33-31-29-27-25-23-21-19-17-15-13-11-9-7-5-3-1-2-4-6-8-10-12-14-16-18-20-22-24-26-28-30-32-35-34(37)38/h36H,1-33H2,(H2,35,37,38). The van der Waals surface area contributed by atoms with E-state index >= 15 is 0 Å². The summed E-state index contributed by atoms with van der Waals surface area (Å²) in [6, 6.07) is 0. The molecule has 0 bridgehead atoms. The maximum Gasteiger partial charge on any atom is 0.130 e. The van der Waals surface area contributed by atoms with Crippen molar-refractivity contribution in [3.63, 3.8) is 0 Å². The van der Waals surface area contributed by atoms with Gasteiger partial charge in [-0.3, -0.25) is 0 Å². The van der Waals surface area contributed by atoms with Gasteiger partial charge in [0, 0.05) is 6.54 Å². The van der Waals surface area contributed by atoms with E-state index in [9.17, 15) is 0 Å². The molecule has 0 aromatic rings. The van der Waals surface area contributed by atoms with Gasteiger partial charge in [-0.15, -0.1) is 12.6 Å². The minimum Gasteiger partial charge on any atom is -0.371 e. The Hall–Kier alpha value is 0.590. The summed E-state index contributed by atoms with van der Waals surface area (Å²) in [6.07, 6.45) is 44.7. The maximum atomic E-state index is 4.90. The van der Waals surface area contributed by atoms with Crippen LogP contribution in [0, 0.1) is 0 Å². The van der Waals surface area contributed by atoms with Gasteiger partial charge < -0.3 is 5.32 Å². The van der Waals surface area contributed by atoms with E-state index in [0.717, 1.165) is 12.3 Å². The second kappa shape index (κ2) is 35.6. The first-order chi connectivity index (χ1) is 18.8. The molecule has 0 unspecified atom stereocenters. The van der Waals surface area contributed by atoms with Crippen molar-refractivity contribution < 1.29 is 0 Å². The van der Waals surface area contributed by atoms with Gasteiger partial charge in [0.2, 0.25) is 0 Å². The van der Waals surface area contributed by atoms with Gasteiger partial charge in [0.05, 0.1) is 0 Å². The van der Waals surface area contributed by atoms with E-state index < -0.39 is 0 Å². The lowest BCUT2D eigenvalue weighted by molar-refractivity contribution is 0.512. The Bertz CT molecular complexity index is 443. The lowest BCUT2D eigenvalue weighted by Gasteiger charge is -2.05. The van der Waals surface area contributed by atoms with Crippen LogP contribution in [0.3, 0.4) is 0 Å². The Morgan fingerprint density at radius 1 is 0.342 bits per heavy atom. The molecule has 4 heteroatoms. The smallest absolute Gasteiger partial charge is 0.130 e. The van der Waals surface area contributed by atoms with Crippen molar-refractivity contribution in [2.75, 3.05) is 12.3 Å². The molecule has 1 nitrogen and oxygen atoms in total. The third-order valence-electron chi connectivity index (χ3n) is 8.11. The Kier molecular flexibility index (Phi) is 36.2. The van der Waals surface area contributed by atoms with Crippen LogP contribution in [0.1, 0.15) is 199 Å². The molecule has 228 valence electrons. The number of thiocarbonyl (C=S) groups is 1. The Labute approximate surface area is 257 Å². The molecule has 0 radical (unpaired) electrons. The highest BCUT2D eigenvalue weighted by Crippen LogP contribution is 2.16. The molecule has 0 aliphatic carbocycles. The monoisotopic (exact) mass is 587 g/mol. The average Bonchev–Trinajstić information content (AvgIpc) is 2.91. The van der Waals surface area contributed by atoms with E-state index in [4.69, 9.17) is 12.2 Å². The highest BCUT2D eigenvalue weighted by molar-refractivity contribution is 8.11. The van der Waals surface area contributed by atoms with Gasteiger partial charge in [-0.1, -0.05) is 198 Å². The number of nitrogens with one attached hydrogen (secondary N) is 1. The molecule has 0 aliphatic rings. The van der Waals surface area contributed by atoms with Gasteiger partial charge in [-0.05, 0) is 18.6 Å². The van der Waals surface area contributed by atoms with Crippen LogP contribution in [0.5, 0.6) is 0 Å². The predicted molar refractivity (Wildman–Crippen MR) is 187 cm³/mol. The Balaban J connectivity index is 3.02. The van der Waals surface area contributed by atoms with E-state index in [-0.39, 0.29) is 0 Å². The average molecular weight is 588 g/mol.